The van der Waals surface area contributed by atoms with Crippen LogP contribution >= 0.6 is 0 Å². The summed E-state index contributed by atoms with van der Waals surface area (Å²) in [6.45, 7) is 13.5. The Morgan fingerprint density at radius 3 is 2.48 bits per heavy atom. The van der Waals surface area contributed by atoms with Crippen molar-refractivity contribution < 1.29 is 19.4 Å². The molecule has 4 atom stereocenters. The number of ether oxygens (including phenoxy) is 2. The van der Waals surface area contributed by atoms with Crippen molar-refractivity contribution in [3.05, 3.63) is 0 Å². The van der Waals surface area contributed by atoms with Crippen LogP contribution in [0.5, 0.6) is 0 Å². The molecule has 1 aliphatic rings. The second-order valence-corrected chi connectivity index (χ2v) is 14.3. The second-order valence-electron chi connectivity index (χ2n) is 8.66. The molecule has 5 heteroatoms. The van der Waals surface area contributed by atoms with Crippen molar-refractivity contribution >= 4 is 14.0 Å². The highest BCUT2D eigenvalue weighted by Crippen LogP contribution is 2.29. The van der Waals surface area contributed by atoms with E-state index in [2.05, 4.69) is 33.5 Å². The molecule has 0 spiro atoms. The van der Waals surface area contributed by atoms with Gasteiger partial charge in [0, 0.05) is 8.07 Å². The molecule has 1 N–H and O–H groups in total. The highest BCUT2D eigenvalue weighted by molar-refractivity contribution is 6.76. The molecule has 1 heterocycles. The molecule has 0 aliphatic carbocycles. The van der Waals surface area contributed by atoms with Crippen molar-refractivity contribution in [2.24, 2.45) is 11.8 Å². The van der Waals surface area contributed by atoms with E-state index in [1.165, 1.54) is 0 Å². The molecule has 136 valence electrons. The number of hydrogen-bond acceptors (Lipinski definition) is 4. The zero-order valence-corrected chi connectivity index (χ0v) is 16.8. The van der Waals surface area contributed by atoms with Gasteiger partial charge in [-0.1, -0.05) is 33.5 Å². The number of hydrogen-bond donors (Lipinski definition) is 1. The van der Waals surface area contributed by atoms with Gasteiger partial charge >= 0.3 is 5.97 Å². The van der Waals surface area contributed by atoms with E-state index in [-0.39, 0.29) is 30.2 Å². The third kappa shape index (κ3) is 8.31. The minimum Gasteiger partial charge on any atom is -0.466 e. The normalized spacial score (nSPS) is 24.7. The summed E-state index contributed by atoms with van der Waals surface area (Å²) in [5, 5.41) is 10.0. The number of carbonyl (C=O) groups is 1. The molecule has 1 saturated heterocycles. The van der Waals surface area contributed by atoms with Crippen molar-refractivity contribution in [3.63, 3.8) is 0 Å². The van der Waals surface area contributed by atoms with Gasteiger partial charge in [-0.3, -0.25) is 4.79 Å². The van der Waals surface area contributed by atoms with Crippen LogP contribution in [0.2, 0.25) is 25.7 Å². The van der Waals surface area contributed by atoms with Crippen molar-refractivity contribution in [1.82, 2.24) is 0 Å². The van der Waals surface area contributed by atoms with E-state index >= 15 is 0 Å². The summed E-state index contributed by atoms with van der Waals surface area (Å²) in [6.07, 6.45) is 2.98. The maximum absolute atomic E-state index is 12.2. The Hall–Kier alpha value is -0.393. The van der Waals surface area contributed by atoms with Gasteiger partial charge in [-0.15, -0.1) is 0 Å². The lowest BCUT2D eigenvalue weighted by molar-refractivity contribution is -0.152. The summed E-state index contributed by atoms with van der Waals surface area (Å²) in [4.78, 5) is 12.2. The highest BCUT2D eigenvalue weighted by atomic mass is 28.3. The van der Waals surface area contributed by atoms with E-state index in [4.69, 9.17) is 9.47 Å². The second kappa shape index (κ2) is 9.18. The summed E-state index contributed by atoms with van der Waals surface area (Å²) in [5.74, 6) is 0.128. The van der Waals surface area contributed by atoms with E-state index < -0.39 is 8.07 Å². The van der Waals surface area contributed by atoms with Gasteiger partial charge in [0.25, 0.3) is 0 Å². The summed E-state index contributed by atoms with van der Waals surface area (Å²) < 4.78 is 11.4. The number of esters is 1. The third-order valence-electron chi connectivity index (χ3n) is 4.44. The minimum atomic E-state index is -1.17. The molecular formula is C18H36O4Si. The Kier molecular flexibility index (Phi) is 8.25. The van der Waals surface area contributed by atoms with Crippen LogP contribution in [-0.2, 0) is 14.3 Å². The van der Waals surface area contributed by atoms with E-state index in [1.54, 1.807) is 0 Å². The van der Waals surface area contributed by atoms with Crippen LogP contribution in [0.4, 0.5) is 0 Å². The first-order valence-electron chi connectivity index (χ1n) is 9.08. The predicted octanol–water partition coefficient (Wildman–Crippen LogP) is 3.85. The van der Waals surface area contributed by atoms with Crippen LogP contribution in [0.1, 0.15) is 46.5 Å². The molecule has 0 saturated carbocycles. The van der Waals surface area contributed by atoms with Gasteiger partial charge in [0.05, 0.1) is 30.8 Å². The molecule has 0 amide bonds. The molecule has 1 aliphatic heterocycles. The SMILES string of the molecule is CC(C)C[C@@H](O)C[C@H]1CC[C@@H]([C@H](C)C(=O)OCC[Si](C)(C)C)O1. The lowest BCUT2D eigenvalue weighted by Gasteiger charge is -2.22. The molecule has 0 aromatic heterocycles. The van der Waals surface area contributed by atoms with E-state index in [0.717, 1.165) is 25.3 Å². The Bertz CT molecular complexity index is 365. The lowest BCUT2D eigenvalue weighted by Crippen LogP contribution is -2.30. The van der Waals surface area contributed by atoms with E-state index in [1.807, 2.05) is 6.92 Å². The Morgan fingerprint density at radius 2 is 1.91 bits per heavy atom. The first-order chi connectivity index (χ1) is 10.6. The van der Waals surface area contributed by atoms with Gasteiger partial charge in [0.1, 0.15) is 0 Å². The first kappa shape index (κ1) is 20.7. The number of aliphatic hydroxyl groups is 1. The van der Waals surface area contributed by atoms with Crippen molar-refractivity contribution in [2.75, 3.05) is 6.61 Å². The predicted molar refractivity (Wildman–Crippen MR) is 96.2 cm³/mol. The largest absolute Gasteiger partial charge is 0.466 e. The van der Waals surface area contributed by atoms with Crippen molar-refractivity contribution in [1.29, 1.82) is 0 Å². The monoisotopic (exact) mass is 344 g/mol. The van der Waals surface area contributed by atoms with Gasteiger partial charge in [-0.25, -0.2) is 0 Å². The summed E-state index contributed by atoms with van der Waals surface area (Å²) in [7, 11) is -1.17. The molecule has 0 radical (unpaired) electrons. The summed E-state index contributed by atoms with van der Waals surface area (Å²) >= 11 is 0. The van der Waals surface area contributed by atoms with Gasteiger partial charge in [-0.2, -0.15) is 0 Å². The molecule has 1 fully saturated rings. The number of aliphatic hydroxyl groups excluding tert-OH is 1. The quantitative estimate of drug-likeness (QED) is 0.510. The maximum Gasteiger partial charge on any atom is 0.311 e. The van der Waals surface area contributed by atoms with Crippen LogP contribution in [0.3, 0.4) is 0 Å². The summed E-state index contributed by atoms with van der Waals surface area (Å²) in [5.41, 5.74) is 0. The van der Waals surface area contributed by atoms with E-state index in [9.17, 15) is 9.90 Å². The van der Waals surface area contributed by atoms with Crippen LogP contribution < -0.4 is 0 Å². The zero-order valence-electron chi connectivity index (χ0n) is 15.8. The molecule has 0 aromatic rings. The molecule has 0 bridgehead atoms. The van der Waals surface area contributed by atoms with Crippen LogP contribution in [0.25, 0.3) is 0 Å². The van der Waals surface area contributed by atoms with Crippen LogP contribution in [-0.4, -0.2) is 44.1 Å². The van der Waals surface area contributed by atoms with Crippen molar-refractivity contribution in [3.8, 4) is 0 Å². The maximum atomic E-state index is 12.2. The third-order valence-corrected chi connectivity index (χ3v) is 6.15. The first-order valence-corrected chi connectivity index (χ1v) is 12.8. The molecule has 23 heavy (non-hydrogen) atoms. The lowest BCUT2D eigenvalue weighted by atomic mass is 9.99. The van der Waals surface area contributed by atoms with Crippen molar-refractivity contribution in [2.45, 2.75) is 90.5 Å². The Morgan fingerprint density at radius 1 is 1.26 bits per heavy atom. The fourth-order valence-electron chi connectivity index (χ4n) is 2.96. The number of rotatable bonds is 9. The molecule has 4 nitrogen and oxygen atoms in total. The standard InChI is InChI=1S/C18H36O4Si/c1-13(2)11-15(19)12-16-7-8-17(22-16)14(3)18(20)21-9-10-23(4,5)6/h13-17,19H,7-12H2,1-6H3/t14-,15+,16+,17-/m0/s1. The summed E-state index contributed by atoms with van der Waals surface area (Å²) in [6, 6.07) is 1.00. The fourth-order valence-corrected chi connectivity index (χ4v) is 3.67. The average molecular weight is 345 g/mol. The van der Waals surface area contributed by atoms with Crippen LogP contribution in [0.15, 0.2) is 0 Å². The highest BCUT2D eigenvalue weighted by Gasteiger charge is 2.34. The van der Waals surface area contributed by atoms with Gasteiger partial charge in [0.15, 0.2) is 0 Å². The minimum absolute atomic E-state index is 0.0642. The smallest absolute Gasteiger partial charge is 0.311 e. The van der Waals surface area contributed by atoms with Gasteiger partial charge < -0.3 is 14.6 Å². The van der Waals surface area contributed by atoms with E-state index in [0.29, 0.717) is 18.9 Å². The number of carbonyl (C=O) groups excluding carboxylic acids is 1. The zero-order chi connectivity index (χ0) is 17.6. The van der Waals surface area contributed by atoms with Crippen LogP contribution in [0, 0.1) is 11.8 Å². The molecule has 0 aromatic carbocycles. The molecule has 0 unspecified atom stereocenters. The van der Waals surface area contributed by atoms with Gasteiger partial charge in [-0.05, 0) is 44.6 Å². The molecular weight excluding hydrogens is 308 g/mol. The fraction of sp³-hybridized carbons (Fsp3) is 0.944. The Labute approximate surface area is 143 Å². The average Bonchev–Trinajstić information content (AvgIpc) is 2.83. The Balaban J connectivity index is 2.32. The molecule has 1 rings (SSSR count). The topological polar surface area (TPSA) is 55.8 Å². The van der Waals surface area contributed by atoms with Gasteiger partial charge in [0.2, 0.25) is 0 Å².